The Hall–Kier alpha value is -1.75. The number of hydrogen-bond acceptors (Lipinski definition) is 4. The van der Waals surface area contributed by atoms with E-state index in [1.807, 2.05) is 21.0 Å². The molecule has 0 aromatic heterocycles. The zero-order valence-corrected chi connectivity index (χ0v) is 12.7. The first-order valence-electron chi connectivity index (χ1n) is 6.81. The molecule has 0 bridgehead atoms. The summed E-state index contributed by atoms with van der Waals surface area (Å²) in [5.41, 5.74) is 0.288. The van der Waals surface area contributed by atoms with Gasteiger partial charge in [-0.15, -0.1) is 0 Å². The second-order valence-corrected chi connectivity index (χ2v) is 4.90. The molecule has 0 aliphatic rings. The van der Waals surface area contributed by atoms with Crippen molar-refractivity contribution in [2.45, 2.75) is 13.3 Å². The van der Waals surface area contributed by atoms with Crippen LogP contribution in [0.15, 0.2) is 18.2 Å². The fourth-order valence-corrected chi connectivity index (χ4v) is 2.01. The monoisotopic (exact) mass is 280 g/mol. The Balaban J connectivity index is 2.80. The molecule has 1 N–H and O–H groups in total. The Kier molecular flexibility index (Phi) is 6.31. The molecule has 1 rings (SSSR count). The first kappa shape index (κ1) is 16.3. The molecule has 112 valence electrons. The van der Waals surface area contributed by atoms with Crippen molar-refractivity contribution in [2.75, 3.05) is 40.8 Å². The van der Waals surface area contributed by atoms with Crippen LogP contribution in [0.4, 0.5) is 0 Å². The van der Waals surface area contributed by atoms with E-state index in [4.69, 9.17) is 4.74 Å². The van der Waals surface area contributed by atoms with Gasteiger partial charge in [0.2, 0.25) is 0 Å². The number of benzene rings is 1. The molecule has 0 fully saturated rings. The summed E-state index contributed by atoms with van der Waals surface area (Å²) in [6.45, 7) is 4.14. The van der Waals surface area contributed by atoms with E-state index in [-0.39, 0.29) is 17.2 Å². The van der Waals surface area contributed by atoms with Crippen molar-refractivity contribution in [1.29, 1.82) is 0 Å². The van der Waals surface area contributed by atoms with Crippen molar-refractivity contribution < 1.29 is 14.6 Å². The second kappa shape index (κ2) is 7.75. The Labute approximate surface area is 120 Å². The lowest BCUT2D eigenvalue weighted by Gasteiger charge is -2.22. The second-order valence-electron chi connectivity index (χ2n) is 4.90. The van der Waals surface area contributed by atoms with Crippen LogP contribution in [-0.2, 0) is 0 Å². The molecule has 0 saturated heterocycles. The third-order valence-corrected chi connectivity index (χ3v) is 3.15. The van der Waals surface area contributed by atoms with E-state index in [9.17, 15) is 9.90 Å². The Morgan fingerprint density at radius 3 is 2.55 bits per heavy atom. The van der Waals surface area contributed by atoms with Gasteiger partial charge in [-0.1, -0.05) is 6.07 Å². The minimum absolute atomic E-state index is 0.0916. The Morgan fingerprint density at radius 2 is 2.00 bits per heavy atom. The van der Waals surface area contributed by atoms with Gasteiger partial charge in [0.15, 0.2) is 11.5 Å². The molecule has 1 amide bonds. The number of nitrogens with zero attached hydrogens (tertiary/aromatic N) is 2. The SMILES string of the molecule is CCN(CCCN(C)C)C(=O)c1cccc(OC)c1O. The van der Waals surface area contributed by atoms with Crippen molar-refractivity contribution in [3.63, 3.8) is 0 Å². The van der Waals surface area contributed by atoms with E-state index in [0.29, 0.717) is 18.8 Å². The fourth-order valence-electron chi connectivity index (χ4n) is 2.01. The zero-order valence-electron chi connectivity index (χ0n) is 12.7. The number of carbonyl (C=O) groups is 1. The number of carbonyl (C=O) groups excluding carboxylic acids is 1. The summed E-state index contributed by atoms with van der Waals surface area (Å²) >= 11 is 0. The average Bonchev–Trinajstić information content (AvgIpc) is 2.43. The molecule has 1 aromatic carbocycles. The van der Waals surface area contributed by atoms with Gasteiger partial charge in [0, 0.05) is 13.1 Å². The number of hydrogen-bond donors (Lipinski definition) is 1. The van der Waals surface area contributed by atoms with E-state index in [1.54, 1.807) is 23.1 Å². The van der Waals surface area contributed by atoms with Crippen molar-refractivity contribution in [2.24, 2.45) is 0 Å². The van der Waals surface area contributed by atoms with Crippen molar-refractivity contribution in [3.8, 4) is 11.5 Å². The molecule has 0 radical (unpaired) electrons. The van der Waals surface area contributed by atoms with Crippen LogP contribution < -0.4 is 4.74 Å². The standard InChI is InChI=1S/C15H24N2O3/c1-5-17(11-7-10-16(2)3)15(19)12-8-6-9-13(20-4)14(12)18/h6,8-9,18H,5,7,10-11H2,1-4H3. The summed E-state index contributed by atoms with van der Waals surface area (Å²) in [7, 11) is 5.48. The van der Waals surface area contributed by atoms with Crippen LogP contribution in [-0.4, -0.2) is 61.7 Å². The van der Waals surface area contributed by atoms with E-state index < -0.39 is 0 Å². The molecule has 5 nitrogen and oxygen atoms in total. The normalized spacial score (nSPS) is 10.7. The molecular formula is C15H24N2O3. The van der Waals surface area contributed by atoms with Crippen molar-refractivity contribution in [1.82, 2.24) is 9.80 Å². The minimum Gasteiger partial charge on any atom is -0.504 e. The van der Waals surface area contributed by atoms with Gasteiger partial charge in [0.1, 0.15) is 0 Å². The van der Waals surface area contributed by atoms with Crippen LogP contribution in [0.3, 0.4) is 0 Å². The molecule has 0 aliphatic heterocycles. The zero-order chi connectivity index (χ0) is 15.1. The number of phenolic OH excluding ortho intramolecular Hbond substituents is 1. The molecular weight excluding hydrogens is 256 g/mol. The number of aromatic hydroxyl groups is 1. The predicted molar refractivity (Wildman–Crippen MR) is 79.4 cm³/mol. The molecule has 0 spiro atoms. The third-order valence-electron chi connectivity index (χ3n) is 3.15. The van der Waals surface area contributed by atoms with Gasteiger partial charge >= 0.3 is 0 Å². The van der Waals surface area contributed by atoms with Gasteiger partial charge in [-0.3, -0.25) is 4.79 Å². The van der Waals surface area contributed by atoms with Crippen LogP contribution in [0, 0.1) is 0 Å². The van der Waals surface area contributed by atoms with Crippen molar-refractivity contribution in [3.05, 3.63) is 23.8 Å². The number of para-hydroxylation sites is 1. The summed E-state index contributed by atoms with van der Waals surface area (Å²) in [4.78, 5) is 16.3. The summed E-state index contributed by atoms with van der Waals surface area (Å²) in [6.07, 6.45) is 0.900. The lowest BCUT2D eigenvalue weighted by Crippen LogP contribution is -2.33. The third kappa shape index (κ3) is 4.13. The first-order valence-corrected chi connectivity index (χ1v) is 6.81. The summed E-state index contributed by atoms with van der Waals surface area (Å²) in [6, 6.07) is 4.96. The van der Waals surface area contributed by atoms with Gasteiger partial charge < -0.3 is 19.6 Å². The molecule has 0 heterocycles. The first-order chi connectivity index (χ1) is 9.51. The van der Waals surface area contributed by atoms with E-state index in [2.05, 4.69) is 4.90 Å². The number of phenols is 1. The van der Waals surface area contributed by atoms with Crippen molar-refractivity contribution >= 4 is 5.91 Å². The van der Waals surface area contributed by atoms with Gasteiger partial charge in [-0.2, -0.15) is 0 Å². The molecule has 0 aliphatic carbocycles. The predicted octanol–water partition coefficient (Wildman–Crippen LogP) is 1.81. The largest absolute Gasteiger partial charge is 0.504 e. The minimum atomic E-state index is -0.164. The highest BCUT2D eigenvalue weighted by atomic mass is 16.5. The molecule has 1 aromatic rings. The van der Waals surface area contributed by atoms with Gasteiger partial charge in [-0.25, -0.2) is 0 Å². The van der Waals surface area contributed by atoms with E-state index in [1.165, 1.54) is 7.11 Å². The molecule has 5 heteroatoms. The number of ether oxygens (including phenoxy) is 1. The quantitative estimate of drug-likeness (QED) is 0.827. The highest BCUT2D eigenvalue weighted by molar-refractivity contribution is 5.97. The van der Waals surface area contributed by atoms with E-state index in [0.717, 1.165) is 13.0 Å². The molecule has 0 unspecified atom stereocenters. The topological polar surface area (TPSA) is 53.0 Å². The van der Waals surface area contributed by atoms with E-state index >= 15 is 0 Å². The van der Waals surface area contributed by atoms with Gasteiger partial charge in [-0.05, 0) is 46.1 Å². The van der Waals surface area contributed by atoms with Crippen LogP contribution in [0.1, 0.15) is 23.7 Å². The maximum Gasteiger partial charge on any atom is 0.257 e. The molecule has 0 atom stereocenters. The lowest BCUT2D eigenvalue weighted by molar-refractivity contribution is 0.0755. The molecule has 0 saturated carbocycles. The summed E-state index contributed by atoms with van der Waals surface area (Å²) < 4.78 is 5.03. The highest BCUT2D eigenvalue weighted by Gasteiger charge is 2.19. The number of methoxy groups -OCH3 is 1. The van der Waals surface area contributed by atoms with Gasteiger partial charge in [0.05, 0.1) is 12.7 Å². The van der Waals surface area contributed by atoms with Crippen LogP contribution >= 0.6 is 0 Å². The average molecular weight is 280 g/mol. The number of rotatable bonds is 7. The van der Waals surface area contributed by atoms with Gasteiger partial charge in [0.25, 0.3) is 5.91 Å². The van der Waals surface area contributed by atoms with Crippen LogP contribution in [0.25, 0.3) is 0 Å². The number of amides is 1. The summed E-state index contributed by atoms with van der Waals surface area (Å²) in [5.74, 6) is 0.0638. The smallest absolute Gasteiger partial charge is 0.257 e. The summed E-state index contributed by atoms with van der Waals surface area (Å²) in [5, 5.41) is 10.0. The lowest BCUT2D eigenvalue weighted by atomic mass is 10.1. The molecule has 20 heavy (non-hydrogen) atoms. The highest BCUT2D eigenvalue weighted by Crippen LogP contribution is 2.30. The maximum atomic E-state index is 12.4. The Bertz CT molecular complexity index is 447. The van der Waals surface area contributed by atoms with Crippen LogP contribution in [0.5, 0.6) is 11.5 Å². The van der Waals surface area contributed by atoms with Crippen LogP contribution in [0.2, 0.25) is 0 Å². The fraction of sp³-hybridized carbons (Fsp3) is 0.533. The maximum absolute atomic E-state index is 12.4. The Morgan fingerprint density at radius 1 is 1.30 bits per heavy atom.